The summed E-state index contributed by atoms with van der Waals surface area (Å²) < 4.78 is 0. The Morgan fingerprint density at radius 3 is 2.67 bits per heavy atom. The molecule has 1 amide bonds. The molecule has 0 fully saturated rings. The molecule has 0 atom stereocenters. The Hall–Kier alpha value is -1.31. The molecule has 116 valence electrons. The molecular weight excluding hydrogens is 379 g/mol. The van der Waals surface area contributed by atoms with Crippen LogP contribution in [0.4, 0.5) is 5.69 Å². The summed E-state index contributed by atoms with van der Waals surface area (Å²) in [5.41, 5.74) is 2.51. The maximum atomic E-state index is 11.5. The molecule has 0 spiro atoms. The Labute approximate surface area is 143 Å². The highest BCUT2D eigenvalue weighted by atomic mass is 127. The van der Waals surface area contributed by atoms with E-state index in [9.17, 15) is 4.79 Å². The number of hydrogen-bond donors (Lipinski definition) is 2. The van der Waals surface area contributed by atoms with Gasteiger partial charge in [0.1, 0.15) is 6.54 Å². The predicted octanol–water partition coefficient (Wildman–Crippen LogP) is 1.77. The highest BCUT2D eigenvalue weighted by Crippen LogP contribution is 2.27. The molecule has 1 aliphatic rings. The second-order valence-electron chi connectivity index (χ2n) is 4.65. The van der Waals surface area contributed by atoms with Crippen molar-refractivity contribution >= 4 is 41.5 Å². The average molecular weight is 402 g/mol. The van der Waals surface area contributed by atoms with E-state index < -0.39 is 0 Å². The molecule has 2 N–H and O–H groups in total. The summed E-state index contributed by atoms with van der Waals surface area (Å²) in [6.45, 7) is 6.42. The van der Waals surface area contributed by atoms with Gasteiger partial charge in [0.15, 0.2) is 5.96 Å². The second-order valence-corrected chi connectivity index (χ2v) is 4.65. The molecule has 0 radical (unpaired) electrons. The van der Waals surface area contributed by atoms with Gasteiger partial charge in [-0.05, 0) is 31.9 Å². The molecule has 0 aromatic heterocycles. The van der Waals surface area contributed by atoms with E-state index in [1.54, 1.807) is 0 Å². The number of aliphatic imine (C=N–C) groups is 1. The van der Waals surface area contributed by atoms with E-state index in [0.29, 0.717) is 6.54 Å². The van der Waals surface area contributed by atoms with Gasteiger partial charge in [-0.3, -0.25) is 4.79 Å². The van der Waals surface area contributed by atoms with Crippen LogP contribution in [0.3, 0.4) is 0 Å². The van der Waals surface area contributed by atoms with Crippen LogP contribution in [0, 0.1) is 0 Å². The third-order valence-electron chi connectivity index (χ3n) is 3.22. The van der Waals surface area contributed by atoms with Crippen LogP contribution in [0.2, 0.25) is 0 Å². The normalized spacial score (nSPS) is 13.4. The molecule has 0 saturated carbocycles. The first-order chi connectivity index (χ1) is 9.76. The van der Waals surface area contributed by atoms with E-state index in [-0.39, 0.29) is 36.4 Å². The molecule has 6 heteroatoms. The fraction of sp³-hybridized carbons (Fsp3) is 0.467. The van der Waals surface area contributed by atoms with E-state index in [1.807, 2.05) is 19.9 Å². The first-order valence-electron chi connectivity index (χ1n) is 7.16. The van der Waals surface area contributed by atoms with E-state index in [4.69, 9.17) is 0 Å². The zero-order valence-electron chi connectivity index (χ0n) is 12.6. The number of rotatable bonds is 4. The Morgan fingerprint density at radius 2 is 1.95 bits per heavy atom. The van der Waals surface area contributed by atoms with Crippen LogP contribution in [0.15, 0.2) is 29.3 Å². The van der Waals surface area contributed by atoms with Crippen molar-refractivity contribution in [2.24, 2.45) is 4.99 Å². The van der Waals surface area contributed by atoms with E-state index >= 15 is 0 Å². The molecule has 0 unspecified atom stereocenters. The summed E-state index contributed by atoms with van der Waals surface area (Å²) in [6.07, 6.45) is 1.02. The van der Waals surface area contributed by atoms with Crippen LogP contribution in [0.1, 0.15) is 19.4 Å². The number of nitrogens with zero attached hydrogens (tertiary/aromatic N) is 2. The third kappa shape index (κ3) is 4.59. The summed E-state index contributed by atoms with van der Waals surface area (Å²) in [5.74, 6) is 0.735. The van der Waals surface area contributed by atoms with Crippen molar-refractivity contribution in [2.75, 3.05) is 31.1 Å². The van der Waals surface area contributed by atoms with Crippen molar-refractivity contribution in [2.45, 2.75) is 20.3 Å². The van der Waals surface area contributed by atoms with Gasteiger partial charge in [0.25, 0.3) is 0 Å². The first-order valence-corrected chi connectivity index (χ1v) is 7.16. The van der Waals surface area contributed by atoms with E-state index in [1.165, 1.54) is 11.3 Å². The van der Waals surface area contributed by atoms with Gasteiger partial charge in [-0.1, -0.05) is 18.2 Å². The number of halogens is 1. The lowest BCUT2D eigenvalue weighted by Gasteiger charge is -2.22. The van der Waals surface area contributed by atoms with Crippen LogP contribution < -0.4 is 15.5 Å². The van der Waals surface area contributed by atoms with E-state index in [2.05, 4.69) is 38.7 Å². The molecule has 21 heavy (non-hydrogen) atoms. The quantitative estimate of drug-likeness (QED) is 0.459. The lowest BCUT2D eigenvalue weighted by molar-refractivity contribution is -0.119. The van der Waals surface area contributed by atoms with Crippen LogP contribution in [0.5, 0.6) is 0 Å². The number of carbonyl (C=O) groups is 1. The first kappa shape index (κ1) is 17.7. The molecule has 1 aliphatic heterocycles. The number of benzene rings is 1. The number of guanidine groups is 1. The van der Waals surface area contributed by atoms with Crippen LogP contribution in [0.25, 0.3) is 0 Å². The van der Waals surface area contributed by atoms with Gasteiger partial charge >= 0.3 is 0 Å². The Morgan fingerprint density at radius 1 is 1.24 bits per heavy atom. The summed E-state index contributed by atoms with van der Waals surface area (Å²) in [4.78, 5) is 18.1. The minimum Gasteiger partial charge on any atom is -0.356 e. The molecule has 1 aromatic rings. The van der Waals surface area contributed by atoms with Crippen molar-refractivity contribution < 1.29 is 4.79 Å². The topological polar surface area (TPSA) is 56.7 Å². The zero-order chi connectivity index (χ0) is 14.4. The number of carbonyl (C=O) groups excluding carboxylic acids is 1. The molecule has 0 aliphatic carbocycles. The standard InChI is InChI=1S/C15H22N4O.HI/c1-3-16-14(20)11-18-15(17-4-2)19-10-9-12-7-5-6-8-13(12)19;/h5-8H,3-4,9-11H2,1-2H3,(H,16,20)(H,17,18);1H. The number of anilines is 1. The lowest BCUT2D eigenvalue weighted by Crippen LogP contribution is -2.41. The SMILES string of the molecule is CCNC(=O)CN=C(NCC)N1CCc2ccccc21.I. The molecular formula is C15H23IN4O. The van der Waals surface area contributed by atoms with Crippen molar-refractivity contribution in [3.8, 4) is 0 Å². The van der Waals surface area contributed by atoms with Crippen LogP contribution in [-0.2, 0) is 11.2 Å². The van der Waals surface area contributed by atoms with Crippen molar-refractivity contribution in [1.82, 2.24) is 10.6 Å². The monoisotopic (exact) mass is 402 g/mol. The minimum atomic E-state index is -0.0459. The lowest BCUT2D eigenvalue weighted by atomic mass is 10.2. The van der Waals surface area contributed by atoms with Gasteiger partial charge in [0.2, 0.25) is 5.91 Å². The molecule has 0 bridgehead atoms. The van der Waals surface area contributed by atoms with Gasteiger partial charge < -0.3 is 15.5 Å². The van der Waals surface area contributed by atoms with Crippen LogP contribution >= 0.6 is 24.0 Å². The smallest absolute Gasteiger partial charge is 0.241 e. The van der Waals surface area contributed by atoms with Gasteiger partial charge in [-0.2, -0.15) is 0 Å². The van der Waals surface area contributed by atoms with Gasteiger partial charge in [-0.25, -0.2) is 4.99 Å². The van der Waals surface area contributed by atoms with Crippen LogP contribution in [-0.4, -0.2) is 38.0 Å². The number of amides is 1. The Balaban J connectivity index is 0.00000220. The van der Waals surface area contributed by atoms with Crippen molar-refractivity contribution in [3.63, 3.8) is 0 Å². The molecule has 5 nitrogen and oxygen atoms in total. The predicted molar refractivity (Wildman–Crippen MR) is 97.6 cm³/mol. The Bertz CT molecular complexity index is 504. The number of likely N-dealkylation sites (N-methyl/N-ethyl adjacent to an activating group) is 1. The van der Waals surface area contributed by atoms with Gasteiger partial charge in [0, 0.05) is 25.3 Å². The maximum Gasteiger partial charge on any atom is 0.241 e. The number of nitrogens with one attached hydrogen (secondary N) is 2. The number of para-hydroxylation sites is 1. The minimum absolute atomic E-state index is 0. The second kappa shape index (κ2) is 8.86. The zero-order valence-corrected chi connectivity index (χ0v) is 14.9. The van der Waals surface area contributed by atoms with Crippen molar-refractivity contribution in [1.29, 1.82) is 0 Å². The number of fused-ring (bicyclic) bond motifs is 1. The molecule has 1 heterocycles. The highest BCUT2D eigenvalue weighted by Gasteiger charge is 2.22. The fourth-order valence-corrected chi connectivity index (χ4v) is 2.35. The van der Waals surface area contributed by atoms with Crippen molar-refractivity contribution in [3.05, 3.63) is 29.8 Å². The van der Waals surface area contributed by atoms with E-state index in [0.717, 1.165) is 25.5 Å². The molecule has 2 rings (SSSR count). The summed E-state index contributed by atoms with van der Waals surface area (Å²) >= 11 is 0. The van der Waals surface area contributed by atoms with Gasteiger partial charge in [-0.15, -0.1) is 24.0 Å². The highest BCUT2D eigenvalue weighted by molar-refractivity contribution is 14.0. The summed E-state index contributed by atoms with van der Waals surface area (Å²) in [5, 5.41) is 6.02. The summed E-state index contributed by atoms with van der Waals surface area (Å²) in [7, 11) is 0. The average Bonchev–Trinajstić information content (AvgIpc) is 2.88. The largest absolute Gasteiger partial charge is 0.356 e. The fourth-order valence-electron chi connectivity index (χ4n) is 2.35. The Kier molecular flexibility index (Phi) is 7.49. The molecule has 1 aromatic carbocycles. The summed E-state index contributed by atoms with van der Waals surface area (Å²) in [6, 6.07) is 8.33. The third-order valence-corrected chi connectivity index (χ3v) is 3.22. The number of hydrogen-bond acceptors (Lipinski definition) is 2. The van der Waals surface area contributed by atoms with Gasteiger partial charge in [0.05, 0.1) is 0 Å². The molecule has 0 saturated heterocycles. The maximum absolute atomic E-state index is 11.5.